The standard InChI is InChI=1S/C14H24N6S/c1-14(2)10-20(8-9-21-14)13-17-11(15-3)16-12(18-13)19-6-4-5-7-19/h4-10H2,1-3H3,(H,15,16,17,18). The molecule has 0 radical (unpaired) electrons. The van der Waals surface area contributed by atoms with Crippen molar-refractivity contribution in [1.29, 1.82) is 0 Å². The Morgan fingerprint density at radius 3 is 2.29 bits per heavy atom. The molecule has 3 heterocycles. The maximum atomic E-state index is 4.73. The molecule has 2 aliphatic heterocycles. The minimum Gasteiger partial charge on any atom is -0.357 e. The number of aromatic nitrogens is 3. The molecule has 1 N–H and O–H groups in total. The van der Waals surface area contributed by atoms with Gasteiger partial charge in [-0.2, -0.15) is 26.7 Å². The van der Waals surface area contributed by atoms with Crippen LogP contribution in [0.1, 0.15) is 26.7 Å². The molecule has 3 rings (SSSR count). The van der Waals surface area contributed by atoms with Crippen LogP contribution in [0.3, 0.4) is 0 Å². The molecule has 7 heteroatoms. The first-order chi connectivity index (χ1) is 10.1. The molecule has 0 saturated carbocycles. The van der Waals surface area contributed by atoms with Crippen LogP contribution < -0.4 is 15.1 Å². The van der Waals surface area contributed by atoms with Gasteiger partial charge in [-0.05, 0) is 26.7 Å². The van der Waals surface area contributed by atoms with E-state index in [9.17, 15) is 0 Å². The Kier molecular flexibility index (Phi) is 4.10. The molecule has 0 atom stereocenters. The van der Waals surface area contributed by atoms with Crippen LogP contribution in [-0.2, 0) is 0 Å². The van der Waals surface area contributed by atoms with Gasteiger partial charge in [-0.3, -0.25) is 0 Å². The van der Waals surface area contributed by atoms with Crippen LogP contribution in [0.2, 0.25) is 0 Å². The Bertz CT molecular complexity index is 500. The molecular formula is C14H24N6S. The first-order valence-corrected chi connectivity index (χ1v) is 8.64. The molecule has 0 spiro atoms. The summed E-state index contributed by atoms with van der Waals surface area (Å²) in [6.45, 7) is 8.64. The van der Waals surface area contributed by atoms with Crippen LogP contribution in [0, 0.1) is 0 Å². The van der Waals surface area contributed by atoms with Crippen LogP contribution >= 0.6 is 11.8 Å². The smallest absolute Gasteiger partial charge is 0.232 e. The van der Waals surface area contributed by atoms with Gasteiger partial charge in [0, 0.05) is 43.7 Å². The van der Waals surface area contributed by atoms with Crippen molar-refractivity contribution in [3.05, 3.63) is 0 Å². The number of nitrogens with one attached hydrogen (secondary N) is 1. The lowest BCUT2D eigenvalue weighted by molar-refractivity contribution is 0.634. The van der Waals surface area contributed by atoms with Crippen molar-refractivity contribution in [3.8, 4) is 0 Å². The third-order valence-corrected chi connectivity index (χ3v) is 5.23. The van der Waals surface area contributed by atoms with Crippen LogP contribution in [-0.4, -0.2) is 58.7 Å². The van der Waals surface area contributed by atoms with Crippen molar-refractivity contribution < 1.29 is 0 Å². The molecule has 0 amide bonds. The van der Waals surface area contributed by atoms with E-state index in [0.717, 1.165) is 43.8 Å². The van der Waals surface area contributed by atoms with E-state index in [2.05, 4.69) is 38.9 Å². The summed E-state index contributed by atoms with van der Waals surface area (Å²) in [7, 11) is 1.86. The highest BCUT2D eigenvalue weighted by Crippen LogP contribution is 2.31. The van der Waals surface area contributed by atoms with Gasteiger partial charge >= 0.3 is 0 Å². The molecule has 0 bridgehead atoms. The molecule has 2 fully saturated rings. The van der Waals surface area contributed by atoms with E-state index in [1.165, 1.54) is 12.8 Å². The summed E-state index contributed by atoms with van der Waals surface area (Å²) < 4.78 is 0.249. The lowest BCUT2D eigenvalue weighted by Crippen LogP contribution is -2.44. The van der Waals surface area contributed by atoms with Gasteiger partial charge in [0.15, 0.2) is 0 Å². The van der Waals surface area contributed by atoms with E-state index in [1.54, 1.807) is 0 Å². The van der Waals surface area contributed by atoms with Gasteiger partial charge < -0.3 is 15.1 Å². The van der Waals surface area contributed by atoms with Crippen molar-refractivity contribution in [2.45, 2.75) is 31.4 Å². The second kappa shape index (κ2) is 5.87. The summed E-state index contributed by atoms with van der Waals surface area (Å²) in [6, 6.07) is 0. The quantitative estimate of drug-likeness (QED) is 0.914. The maximum Gasteiger partial charge on any atom is 0.232 e. The van der Waals surface area contributed by atoms with Gasteiger partial charge in [0.1, 0.15) is 0 Å². The highest BCUT2D eigenvalue weighted by molar-refractivity contribution is 8.00. The van der Waals surface area contributed by atoms with Gasteiger partial charge in [-0.15, -0.1) is 0 Å². The fraction of sp³-hybridized carbons (Fsp3) is 0.786. The summed E-state index contributed by atoms with van der Waals surface area (Å²) in [5.74, 6) is 3.41. The first kappa shape index (κ1) is 14.7. The topological polar surface area (TPSA) is 57.2 Å². The Morgan fingerprint density at radius 2 is 1.67 bits per heavy atom. The van der Waals surface area contributed by atoms with Gasteiger partial charge in [0.25, 0.3) is 0 Å². The zero-order valence-electron chi connectivity index (χ0n) is 13.1. The lowest BCUT2D eigenvalue weighted by Gasteiger charge is -2.37. The van der Waals surface area contributed by atoms with Crippen molar-refractivity contribution in [2.24, 2.45) is 0 Å². The number of thioether (sulfide) groups is 1. The monoisotopic (exact) mass is 308 g/mol. The Hall–Kier alpha value is -1.24. The first-order valence-electron chi connectivity index (χ1n) is 7.65. The molecule has 2 aliphatic rings. The van der Waals surface area contributed by atoms with E-state index in [1.807, 2.05) is 18.8 Å². The number of anilines is 3. The number of rotatable bonds is 3. The van der Waals surface area contributed by atoms with Crippen molar-refractivity contribution >= 4 is 29.6 Å². The van der Waals surface area contributed by atoms with E-state index in [4.69, 9.17) is 4.98 Å². The maximum absolute atomic E-state index is 4.73. The molecule has 1 aromatic heterocycles. The molecule has 21 heavy (non-hydrogen) atoms. The van der Waals surface area contributed by atoms with Crippen LogP contribution in [0.5, 0.6) is 0 Å². The number of nitrogens with zero attached hydrogens (tertiary/aromatic N) is 5. The molecule has 0 aliphatic carbocycles. The minimum atomic E-state index is 0.249. The molecule has 6 nitrogen and oxygen atoms in total. The van der Waals surface area contributed by atoms with Crippen LogP contribution in [0.4, 0.5) is 17.8 Å². The van der Waals surface area contributed by atoms with E-state index in [-0.39, 0.29) is 4.75 Å². The zero-order chi connectivity index (χ0) is 14.9. The van der Waals surface area contributed by atoms with Gasteiger partial charge in [0.2, 0.25) is 17.8 Å². The van der Waals surface area contributed by atoms with Crippen molar-refractivity contribution in [1.82, 2.24) is 15.0 Å². The second-order valence-corrected chi connectivity index (χ2v) is 8.03. The van der Waals surface area contributed by atoms with E-state index < -0.39 is 0 Å². The average Bonchev–Trinajstić information content (AvgIpc) is 3.00. The molecule has 2 saturated heterocycles. The molecule has 1 aromatic rings. The van der Waals surface area contributed by atoms with Gasteiger partial charge in [0.05, 0.1) is 0 Å². The average molecular weight is 308 g/mol. The number of hydrogen-bond donors (Lipinski definition) is 1. The van der Waals surface area contributed by atoms with Gasteiger partial charge in [-0.1, -0.05) is 0 Å². The summed E-state index contributed by atoms with van der Waals surface area (Å²) >= 11 is 2.02. The van der Waals surface area contributed by atoms with Gasteiger partial charge in [-0.25, -0.2) is 0 Å². The molecule has 116 valence electrons. The largest absolute Gasteiger partial charge is 0.357 e. The normalized spacial score (nSPS) is 21.7. The lowest BCUT2D eigenvalue weighted by atomic mass is 10.2. The van der Waals surface area contributed by atoms with Crippen LogP contribution in [0.25, 0.3) is 0 Å². The van der Waals surface area contributed by atoms with Crippen molar-refractivity contribution in [3.63, 3.8) is 0 Å². The third-order valence-electron chi connectivity index (χ3n) is 3.93. The SMILES string of the molecule is CNc1nc(N2CCCC2)nc(N2CCSC(C)(C)C2)n1. The summed E-state index contributed by atoms with van der Waals surface area (Å²) in [5, 5.41) is 3.07. The highest BCUT2D eigenvalue weighted by Gasteiger charge is 2.29. The Balaban J connectivity index is 1.88. The second-order valence-electron chi connectivity index (χ2n) is 6.23. The third kappa shape index (κ3) is 3.33. The predicted molar refractivity (Wildman–Crippen MR) is 89.6 cm³/mol. The summed E-state index contributed by atoms with van der Waals surface area (Å²) in [4.78, 5) is 18.4. The fourth-order valence-electron chi connectivity index (χ4n) is 2.85. The van der Waals surface area contributed by atoms with Crippen LogP contribution in [0.15, 0.2) is 0 Å². The molecule has 0 aromatic carbocycles. The minimum absolute atomic E-state index is 0.249. The fourth-order valence-corrected chi connectivity index (χ4v) is 3.96. The molecule has 0 unspecified atom stereocenters. The Morgan fingerprint density at radius 1 is 1.00 bits per heavy atom. The Labute approximate surface area is 130 Å². The molecular weight excluding hydrogens is 284 g/mol. The number of hydrogen-bond acceptors (Lipinski definition) is 7. The summed E-state index contributed by atoms with van der Waals surface area (Å²) in [5.41, 5.74) is 0. The predicted octanol–water partition coefficient (Wildman–Crippen LogP) is 1.85. The zero-order valence-corrected chi connectivity index (χ0v) is 13.9. The van der Waals surface area contributed by atoms with Crippen molar-refractivity contribution in [2.75, 3.05) is 54.1 Å². The van der Waals surface area contributed by atoms with E-state index >= 15 is 0 Å². The highest BCUT2D eigenvalue weighted by atomic mass is 32.2. The summed E-state index contributed by atoms with van der Waals surface area (Å²) in [6.07, 6.45) is 2.45. The van der Waals surface area contributed by atoms with E-state index in [0.29, 0.717) is 5.95 Å².